The number of carbonyl (C=O) groups excluding carboxylic acids is 1. The Balaban J connectivity index is 1.54. The molecule has 7 nitrogen and oxygen atoms in total. The Morgan fingerprint density at radius 2 is 1.90 bits per heavy atom. The zero-order chi connectivity index (χ0) is 21.3. The fourth-order valence-corrected chi connectivity index (χ4v) is 3.26. The van der Waals surface area contributed by atoms with Crippen molar-refractivity contribution < 1.29 is 9.18 Å². The number of nitrogens with zero attached hydrogens (tertiary/aromatic N) is 5. The van der Waals surface area contributed by atoms with Crippen LogP contribution >= 0.6 is 23.2 Å². The van der Waals surface area contributed by atoms with E-state index in [0.717, 1.165) is 5.56 Å². The van der Waals surface area contributed by atoms with Gasteiger partial charge in [-0.1, -0.05) is 35.3 Å². The molecule has 2 aromatic heterocycles. The molecule has 4 rings (SSSR count). The van der Waals surface area contributed by atoms with E-state index in [9.17, 15) is 9.18 Å². The number of amides is 1. The van der Waals surface area contributed by atoms with Gasteiger partial charge in [-0.05, 0) is 42.8 Å². The third kappa shape index (κ3) is 4.05. The lowest BCUT2D eigenvalue weighted by atomic mass is 10.2. The van der Waals surface area contributed by atoms with Crippen molar-refractivity contribution in [3.05, 3.63) is 87.8 Å². The molecule has 2 heterocycles. The number of halogens is 3. The van der Waals surface area contributed by atoms with E-state index in [1.165, 1.54) is 16.8 Å². The van der Waals surface area contributed by atoms with E-state index in [0.29, 0.717) is 33.9 Å². The number of hydrogen-bond acceptors (Lipinski definition) is 4. The number of hydrogen-bond donors (Lipinski definition) is 1. The minimum absolute atomic E-state index is 0.0228. The molecular weight excluding hydrogens is 430 g/mol. The van der Waals surface area contributed by atoms with Crippen molar-refractivity contribution in [2.24, 2.45) is 0 Å². The molecule has 0 aliphatic rings. The van der Waals surface area contributed by atoms with Crippen molar-refractivity contribution in [3.8, 4) is 5.69 Å². The number of benzene rings is 2. The lowest BCUT2D eigenvalue weighted by Gasteiger charge is -2.10. The minimum atomic E-state index is -0.502. The maximum absolute atomic E-state index is 13.2. The topological polar surface area (TPSA) is 77.6 Å². The lowest BCUT2D eigenvalue weighted by molar-refractivity contribution is 0.101. The highest BCUT2D eigenvalue weighted by Crippen LogP contribution is 2.26. The fraction of sp³-hybridized carbons (Fsp3) is 0.100. The van der Waals surface area contributed by atoms with Crippen LogP contribution in [0.5, 0.6) is 0 Å². The molecule has 0 aliphatic carbocycles. The molecule has 0 saturated heterocycles. The van der Waals surface area contributed by atoms with Gasteiger partial charge >= 0.3 is 0 Å². The molecule has 0 atom stereocenters. The van der Waals surface area contributed by atoms with Crippen LogP contribution < -0.4 is 5.32 Å². The van der Waals surface area contributed by atoms with E-state index >= 15 is 0 Å². The molecule has 0 bridgehead atoms. The Kier molecular flexibility index (Phi) is 5.52. The standard InChI is InChI=1S/C20H15Cl2FN6O/c1-12-25-19(27-29(12)15-7-5-14(23)6-8-15)20(30)26-17-9-10-24-28(17)11-13-3-2-4-16(21)18(13)22/h2-10H,11H2,1H3,(H,26,30). The van der Waals surface area contributed by atoms with Crippen LogP contribution in [0.4, 0.5) is 10.2 Å². The highest BCUT2D eigenvalue weighted by Gasteiger charge is 2.17. The largest absolute Gasteiger partial charge is 0.304 e. The normalized spacial score (nSPS) is 10.9. The van der Waals surface area contributed by atoms with Crippen LogP contribution in [0.15, 0.2) is 54.7 Å². The van der Waals surface area contributed by atoms with Gasteiger partial charge in [0.2, 0.25) is 5.82 Å². The number of aryl methyl sites for hydroxylation is 1. The van der Waals surface area contributed by atoms with Gasteiger partial charge in [0.15, 0.2) is 0 Å². The molecule has 1 amide bonds. The molecule has 4 aromatic rings. The smallest absolute Gasteiger partial charge is 0.296 e. The highest BCUT2D eigenvalue weighted by molar-refractivity contribution is 6.42. The summed E-state index contributed by atoms with van der Waals surface area (Å²) in [4.78, 5) is 16.9. The summed E-state index contributed by atoms with van der Waals surface area (Å²) in [5.74, 6) is 0.0589. The first-order chi connectivity index (χ1) is 14.4. The van der Waals surface area contributed by atoms with Gasteiger partial charge < -0.3 is 5.32 Å². The Morgan fingerprint density at radius 3 is 2.67 bits per heavy atom. The van der Waals surface area contributed by atoms with Crippen molar-refractivity contribution in [2.75, 3.05) is 5.32 Å². The molecule has 0 unspecified atom stereocenters. The summed E-state index contributed by atoms with van der Waals surface area (Å²) in [5, 5.41) is 12.1. The van der Waals surface area contributed by atoms with Crippen LogP contribution in [0.3, 0.4) is 0 Å². The fourth-order valence-electron chi connectivity index (χ4n) is 2.88. The molecule has 30 heavy (non-hydrogen) atoms. The zero-order valence-corrected chi connectivity index (χ0v) is 17.2. The Bertz CT molecular complexity index is 1220. The second-order valence-corrected chi connectivity index (χ2v) is 7.20. The van der Waals surface area contributed by atoms with E-state index < -0.39 is 5.91 Å². The average Bonchev–Trinajstić information content (AvgIpc) is 3.32. The minimum Gasteiger partial charge on any atom is -0.304 e. The quantitative estimate of drug-likeness (QED) is 0.490. The monoisotopic (exact) mass is 444 g/mol. The third-order valence-electron chi connectivity index (χ3n) is 4.35. The van der Waals surface area contributed by atoms with Gasteiger partial charge in [-0.3, -0.25) is 4.79 Å². The SMILES string of the molecule is Cc1nc(C(=O)Nc2ccnn2Cc2cccc(Cl)c2Cl)nn1-c1ccc(F)cc1. The van der Waals surface area contributed by atoms with Crippen LogP contribution in [0, 0.1) is 12.7 Å². The van der Waals surface area contributed by atoms with Gasteiger partial charge in [0.05, 0.1) is 28.5 Å². The third-order valence-corrected chi connectivity index (χ3v) is 5.21. The van der Waals surface area contributed by atoms with Crippen molar-refractivity contribution in [3.63, 3.8) is 0 Å². The number of nitrogens with one attached hydrogen (secondary N) is 1. The van der Waals surface area contributed by atoms with E-state index in [2.05, 4.69) is 20.5 Å². The van der Waals surface area contributed by atoms with Gasteiger partial charge in [-0.2, -0.15) is 5.10 Å². The number of aromatic nitrogens is 5. The summed E-state index contributed by atoms with van der Waals surface area (Å²) in [6, 6.07) is 12.7. The van der Waals surface area contributed by atoms with Crippen LogP contribution in [-0.2, 0) is 6.54 Å². The van der Waals surface area contributed by atoms with Crippen LogP contribution in [-0.4, -0.2) is 30.5 Å². The molecule has 0 saturated carbocycles. The summed E-state index contributed by atoms with van der Waals surface area (Å²) in [5.41, 5.74) is 1.36. The molecule has 152 valence electrons. The van der Waals surface area contributed by atoms with Gasteiger partial charge in [-0.15, -0.1) is 5.10 Å². The molecule has 0 spiro atoms. The van der Waals surface area contributed by atoms with Crippen LogP contribution in [0.1, 0.15) is 22.0 Å². The zero-order valence-electron chi connectivity index (χ0n) is 15.7. The molecule has 10 heteroatoms. The summed E-state index contributed by atoms with van der Waals surface area (Å²) < 4.78 is 16.2. The van der Waals surface area contributed by atoms with Crippen molar-refractivity contribution in [1.82, 2.24) is 24.5 Å². The Hall–Kier alpha value is -3.23. The molecule has 0 fully saturated rings. The number of rotatable bonds is 5. The number of carbonyl (C=O) groups is 1. The van der Waals surface area contributed by atoms with Crippen molar-refractivity contribution in [1.29, 1.82) is 0 Å². The van der Waals surface area contributed by atoms with Crippen LogP contribution in [0.25, 0.3) is 5.69 Å². The lowest BCUT2D eigenvalue weighted by Crippen LogP contribution is -2.18. The second-order valence-electron chi connectivity index (χ2n) is 6.41. The van der Waals surface area contributed by atoms with Gasteiger partial charge in [0, 0.05) is 6.07 Å². The van der Waals surface area contributed by atoms with E-state index in [-0.39, 0.29) is 11.6 Å². The molecule has 0 radical (unpaired) electrons. The average molecular weight is 445 g/mol. The van der Waals surface area contributed by atoms with E-state index in [1.54, 1.807) is 48.1 Å². The molecule has 2 aromatic carbocycles. The molecule has 0 aliphatic heterocycles. The Labute approximate surface area is 181 Å². The first-order valence-electron chi connectivity index (χ1n) is 8.88. The highest BCUT2D eigenvalue weighted by atomic mass is 35.5. The maximum atomic E-state index is 13.2. The summed E-state index contributed by atoms with van der Waals surface area (Å²) in [6.45, 7) is 2.02. The second kappa shape index (κ2) is 8.25. The van der Waals surface area contributed by atoms with Gasteiger partial charge in [0.1, 0.15) is 17.5 Å². The maximum Gasteiger partial charge on any atom is 0.296 e. The van der Waals surface area contributed by atoms with Gasteiger partial charge in [0.25, 0.3) is 5.91 Å². The molecule has 1 N–H and O–H groups in total. The first-order valence-corrected chi connectivity index (χ1v) is 9.63. The van der Waals surface area contributed by atoms with Crippen molar-refractivity contribution >= 4 is 34.9 Å². The number of anilines is 1. The predicted molar refractivity (Wildman–Crippen MR) is 112 cm³/mol. The van der Waals surface area contributed by atoms with Gasteiger partial charge in [-0.25, -0.2) is 18.7 Å². The van der Waals surface area contributed by atoms with Crippen LogP contribution in [0.2, 0.25) is 10.0 Å². The first kappa shape index (κ1) is 20.1. The summed E-state index contributed by atoms with van der Waals surface area (Å²) in [7, 11) is 0. The van der Waals surface area contributed by atoms with E-state index in [4.69, 9.17) is 23.2 Å². The van der Waals surface area contributed by atoms with E-state index in [1.807, 2.05) is 6.07 Å². The van der Waals surface area contributed by atoms with Crippen molar-refractivity contribution in [2.45, 2.75) is 13.5 Å². The Morgan fingerprint density at radius 1 is 1.13 bits per heavy atom. The summed E-state index contributed by atoms with van der Waals surface area (Å²) in [6.07, 6.45) is 1.56. The molecular formula is C20H15Cl2FN6O. The summed E-state index contributed by atoms with van der Waals surface area (Å²) >= 11 is 12.3. The predicted octanol–water partition coefficient (Wildman–Crippen LogP) is 4.52.